The topological polar surface area (TPSA) is 49.3 Å². The zero-order chi connectivity index (χ0) is 15.8. The highest BCUT2D eigenvalue weighted by molar-refractivity contribution is 7.11. The average molecular weight is 323 g/mol. The standard InChI is InChI=1S/C17H30N4S/c1-4-13-7-6-8-14(11-13)21-17(18-3)19-10-9-16-20-12-15(5-2)22-16/h12-14H,4-11H2,1-3H3,(H2,18,19,21). The number of aliphatic imine (C=N–C) groups is 1. The number of aromatic nitrogens is 1. The number of guanidine groups is 1. The van der Waals surface area contributed by atoms with E-state index in [4.69, 9.17) is 0 Å². The van der Waals surface area contributed by atoms with E-state index in [9.17, 15) is 0 Å². The van der Waals surface area contributed by atoms with Crippen molar-refractivity contribution in [1.82, 2.24) is 15.6 Å². The van der Waals surface area contributed by atoms with Crippen LogP contribution in [0.25, 0.3) is 0 Å². The predicted octanol–water partition coefficient (Wildman–Crippen LogP) is 3.38. The number of nitrogens with one attached hydrogen (secondary N) is 2. The van der Waals surface area contributed by atoms with Crippen LogP contribution in [0.15, 0.2) is 11.2 Å². The van der Waals surface area contributed by atoms with E-state index in [0.717, 1.165) is 31.3 Å². The number of rotatable bonds is 6. The van der Waals surface area contributed by atoms with Crippen LogP contribution in [0, 0.1) is 5.92 Å². The zero-order valence-electron chi connectivity index (χ0n) is 14.2. The molecule has 2 unspecified atom stereocenters. The maximum absolute atomic E-state index is 4.46. The van der Waals surface area contributed by atoms with E-state index in [0.29, 0.717) is 6.04 Å². The number of hydrogen-bond acceptors (Lipinski definition) is 3. The first-order valence-electron chi connectivity index (χ1n) is 8.65. The highest BCUT2D eigenvalue weighted by atomic mass is 32.1. The molecule has 0 saturated heterocycles. The summed E-state index contributed by atoms with van der Waals surface area (Å²) in [4.78, 5) is 10.2. The SMILES string of the molecule is CCc1cnc(CCNC(=NC)NC2CCCC(CC)C2)s1. The summed E-state index contributed by atoms with van der Waals surface area (Å²) in [5, 5.41) is 8.24. The minimum absolute atomic E-state index is 0.580. The average Bonchev–Trinajstić information content (AvgIpc) is 3.02. The maximum atomic E-state index is 4.46. The molecule has 4 nitrogen and oxygen atoms in total. The zero-order valence-corrected chi connectivity index (χ0v) is 15.0. The van der Waals surface area contributed by atoms with Gasteiger partial charge in [0, 0.05) is 37.1 Å². The Morgan fingerprint density at radius 3 is 2.95 bits per heavy atom. The first-order chi connectivity index (χ1) is 10.7. The fourth-order valence-electron chi connectivity index (χ4n) is 3.10. The van der Waals surface area contributed by atoms with Crippen LogP contribution in [0.4, 0.5) is 0 Å². The molecule has 2 rings (SSSR count). The van der Waals surface area contributed by atoms with Gasteiger partial charge in [-0.2, -0.15) is 0 Å². The molecule has 1 aromatic heterocycles. The first-order valence-corrected chi connectivity index (χ1v) is 9.47. The molecule has 0 spiro atoms. The minimum atomic E-state index is 0.580. The van der Waals surface area contributed by atoms with Crippen molar-refractivity contribution < 1.29 is 0 Å². The van der Waals surface area contributed by atoms with Crippen LogP contribution in [-0.4, -0.2) is 30.6 Å². The predicted molar refractivity (Wildman–Crippen MR) is 95.7 cm³/mol. The number of hydrogen-bond donors (Lipinski definition) is 2. The number of thiazole rings is 1. The van der Waals surface area contributed by atoms with Crippen LogP contribution in [0.2, 0.25) is 0 Å². The molecule has 0 aromatic carbocycles. The molecule has 2 atom stereocenters. The summed E-state index contributed by atoms with van der Waals surface area (Å²) in [5.41, 5.74) is 0. The second kappa shape index (κ2) is 9.13. The molecular weight excluding hydrogens is 292 g/mol. The lowest BCUT2D eigenvalue weighted by atomic mass is 9.84. The highest BCUT2D eigenvalue weighted by Gasteiger charge is 2.21. The van der Waals surface area contributed by atoms with E-state index in [-0.39, 0.29) is 0 Å². The van der Waals surface area contributed by atoms with Crippen molar-refractivity contribution in [3.05, 3.63) is 16.1 Å². The van der Waals surface area contributed by atoms with Gasteiger partial charge in [-0.3, -0.25) is 4.99 Å². The molecule has 1 aromatic rings. The lowest BCUT2D eigenvalue weighted by Crippen LogP contribution is -2.45. The Balaban J connectivity index is 1.73. The molecule has 2 N–H and O–H groups in total. The van der Waals surface area contributed by atoms with Gasteiger partial charge in [0.15, 0.2) is 5.96 Å². The summed E-state index contributed by atoms with van der Waals surface area (Å²) in [5.74, 6) is 1.82. The summed E-state index contributed by atoms with van der Waals surface area (Å²) >= 11 is 1.82. The largest absolute Gasteiger partial charge is 0.356 e. The minimum Gasteiger partial charge on any atom is -0.356 e. The van der Waals surface area contributed by atoms with Crippen LogP contribution < -0.4 is 10.6 Å². The van der Waals surface area contributed by atoms with Gasteiger partial charge in [-0.1, -0.05) is 33.1 Å². The Kier molecular flexibility index (Phi) is 7.16. The van der Waals surface area contributed by atoms with Crippen LogP contribution in [0.5, 0.6) is 0 Å². The van der Waals surface area contributed by atoms with E-state index in [1.807, 2.05) is 24.6 Å². The Hall–Kier alpha value is -1.10. The van der Waals surface area contributed by atoms with Gasteiger partial charge in [-0.15, -0.1) is 11.3 Å². The van der Waals surface area contributed by atoms with Gasteiger partial charge in [0.25, 0.3) is 0 Å². The second-order valence-electron chi connectivity index (χ2n) is 6.10. The monoisotopic (exact) mass is 322 g/mol. The normalized spacial score (nSPS) is 22.6. The molecule has 22 heavy (non-hydrogen) atoms. The Bertz CT molecular complexity index is 469. The third-order valence-corrected chi connectivity index (χ3v) is 5.71. The summed E-state index contributed by atoms with van der Waals surface area (Å²) in [7, 11) is 1.86. The van der Waals surface area contributed by atoms with Gasteiger partial charge in [0.05, 0.1) is 5.01 Å². The third kappa shape index (κ3) is 5.27. The summed E-state index contributed by atoms with van der Waals surface area (Å²) in [6, 6.07) is 0.580. The van der Waals surface area contributed by atoms with Crippen LogP contribution in [0.1, 0.15) is 55.8 Å². The van der Waals surface area contributed by atoms with E-state index < -0.39 is 0 Å². The molecule has 0 bridgehead atoms. The Labute approximate surface area is 138 Å². The van der Waals surface area contributed by atoms with Crippen molar-refractivity contribution in [2.24, 2.45) is 10.9 Å². The maximum Gasteiger partial charge on any atom is 0.191 e. The van der Waals surface area contributed by atoms with Crippen molar-refractivity contribution in [2.45, 2.75) is 64.8 Å². The van der Waals surface area contributed by atoms with Gasteiger partial charge in [-0.25, -0.2) is 4.98 Å². The molecule has 1 aliphatic rings. The van der Waals surface area contributed by atoms with E-state index in [1.165, 1.54) is 42.0 Å². The smallest absolute Gasteiger partial charge is 0.191 e. The van der Waals surface area contributed by atoms with Crippen molar-refractivity contribution in [3.63, 3.8) is 0 Å². The fraction of sp³-hybridized carbons (Fsp3) is 0.765. The van der Waals surface area contributed by atoms with Crippen molar-refractivity contribution in [3.8, 4) is 0 Å². The summed E-state index contributed by atoms with van der Waals surface area (Å²) in [6.07, 6.45) is 10.6. The lowest BCUT2D eigenvalue weighted by Gasteiger charge is -2.30. The van der Waals surface area contributed by atoms with E-state index >= 15 is 0 Å². The first kappa shape index (κ1) is 17.3. The molecule has 0 radical (unpaired) electrons. The molecule has 1 heterocycles. The molecule has 0 amide bonds. The molecule has 1 aliphatic carbocycles. The fourth-order valence-corrected chi connectivity index (χ4v) is 3.96. The highest BCUT2D eigenvalue weighted by Crippen LogP contribution is 2.26. The van der Waals surface area contributed by atoms with Crippen LogP contribution >= 0.6 is 11.3 Å². The summed E-state index contributed by atoms with van der Waals surface area (Å²) < 4.78 is 0. The third-order valence-electron chi connectivity index (χ3n) is 4.51. The van der Waals surface area contributed by atoms with Crippen LogP contribution in [0.3, 0.4) is 0 Å². The van der Waals surface area contributed by atoms with Crippen molar-refractivity contribution in [2.75, 3.05) is 13.6 Å². The summed E-state index contributed by atoms with van der Waals surface area (Å²) in [6.45, 7) is 5.37. The quantitative estimate of drug-likeness (QED) is 0.623. The molecule has 0 aliphatic heterocycles. The van der Waals surface area contributed by atoms with Gasteiger partial charge in [0.2, 0.25) is 0 Å². The Morgan fingerprint density at radius 1 is 1.41 bits per heavy atom. The number of aryl methyl sites for hydroxylation is 1. The lowest BCUT2D eigenvalue weighted by molar-refractivity contribution is 0.298. The van der Waals surface area contributed by atoms with Crippen molar-refractivity contribution >= 4 is 17.3 Å². The van der Waals surface area contributed by atoms with Gasteiger partial charge < -0.3 is 10.6 Å². The number of nitrogens with zero attached hydrogens (tertiary/aromatic N) is 2. The van der Waals surface area contributed by atoms with Crippen molar-refractivity contribution in [1.29, 1.82) is 0 Å². The molecule has 124 valence electrons. The molecule has 5 heteroatoms. The van der Waals surface area contributed by atoms with E-state index in [2.05, 4.69) is 34.5 Å². The van der Waals surface area contributed by atoms with Gasteiger partial charge in [0.1, 0.15) is 0 Å². The van der Waals surface area contributed by atoms with E-state index in [1.54, 1.807) is 0 Å². The van der Waals surface area contributed by atoms with Crippen LogP contribution in [-0.2, 0) is 12.8 Å². The van der Waals surface area contributed by atoms with Gasteiger partial charge >= 0.3 is 0 Å². The molecular formula is C17H30N4S. The Morgan fingerprint density at radius 2 is 2.27 bits per heavy atom. The second-order valence-corrected chi connectivity index (χ2v) is 7.30. The molecule has 1 fully saturated rings. The van der Waals surface area contributed by atoms with Gasteiger partial charge in [-0.05, 0) is 25.2 Å². The molecule has 1 saturated carbocycles.